The second kappa shape index (κ2) is 9.12. The van der Waals surface area contributed by atoms with Crippen LogP contribution in [0.25, 0.3) is 21.6 Å². The van der Waals surface area contributed by atoms with Gasteiger partial charge in [-0.25, -0.2) is 15.0 Å². The van der Waals surface area contributed by atoms with Crippen LogP contribution in [0.3, 0.4) is 0 Å². The molecule has 0 spiro atoms. The summed E-state index contributed by atoms with van der Waals surface area (Å²) >= 11 is 6.09. The third-order valence-electron chi connectivity index (χ3n) is 4.12. The quantitative estimate of drug-likeness (QED) is 0.156. The van der Waals surface area contributed by atoms with Gasteiger partial charge in [-0.15, -0.1) is 0 Å². The van der Waals surface area contributed by atoms with Crippen LogP contribution in [-0.2, 0) is 33.3 Å². The summed E-state index contributed by atoms with van der Waals surface area (Å²) in [7, 11) is 0. The number of aromatic nitrogens is 4. The summed E-state index contributed by atoms with van der Waals surface area (Å²) in [5.41, 5.74) is 8.93. The van der Waals surface area contributed by atoms with E-state index in [4.69, 9.17) is 36.1 Å². The van der Waals surface area contributed by atoms with Crippen LogP contribution in [0.1, 0.15) is 27.0 Å². The molecule has 31 heavy (non-hydrogen) atoms. The van der Waals surface area contributed by atoms with E-state index in [9.17, 15) is 14.4 Å². The molecule has 2 aromatic rings. The molecule has 1 saturated heterocycles. The van der Waals surface area contributed by atoms with E-state index in [0.29, 0.717) is 0 Å². The zero-order chi connectivity index (χ0) is 22.7. The van der Waals surface area contributed by atoms with E-state index in [1.165, 1.54) is 31.7 Å². The highest BCUT2D eigenvalue weighted by Gasteiger charge is 2.51. The van der Waals surface area contributed by atoms with Crippen LogP contribution in [0.5, 0.6) is 0 Å². The Labute approximate surface area is 179 Å². The Bertz CT molecular complexity index is 1080. The van der Waals surface area contributed by atoms with Crippen LogP contribution in [0.4, 0.5) is 5.95 Å². The van der Waals surface area contributed by atoms with Crippen molar-refractivity contribution in [3.8, 4) is 0 Å². The Morgan fingerprint density at radius 2 is 1.87 bits per heavy atom. The van der Waals surface area contributed by atoms with Gasteiger partial charge in [0.2, 0.25) is 5.95 Å². The molecule has 0 amide bonds. The average Bonchev–Trinajstić information content (AvgIpc) is 3.22. The average molecular weight is 454 g/mol. The molecule has 3 heterocycles. The summed E-state index contributed by atoms with van der Waals surface area (Å²) in [6.07, 6.45) is -3.00. The van der Waals surface area contributed by atoms with Gasteiger partial charge in [-0.2, -0.15) is 0 Å². The Morgan fingerprint density at radius 1 is 1.19 bits per heavy atom. The zero-order valence-corrected chi connectivity index (χ0v) is 17.2. The third-order valence-corrected chi connectivity index (χ3v) is 4.38. The molecular weight excluding hydrogens is 438 g/mol. The maximum atomic E-state index is 11.7. The van der Waals surface area contributed by atoms with Crippen LogP contribution < -0.4 is 0 Å². The van der Waals surface area contributed by atoms with Crippen molar-refractivity contribution in [3.05, 3.63) is 21.9 Å². The van der Waals surface area contributed by atoms with Gasteiger partial charge in [0.15, 0.2) is 29.2 Å². The van der Waals surface area contributed by atoms with Gasteiger partial charge in [-0.3, -0.25) is 19.0 Å². The lowest BCUT2D eigenvalue weighted by molar-refractivity contribution is -0.166. The van der Waals surface area contributed by atoms with Gasteiger partial charge in [0.05, 0.1) is 6.33 Å². The summed E-state index contributed by atoms with van der Waals surface area (Å²) in [5.74, 6) is -2.18. The lowest BCUT2D eigenvalue weighted by Crippen LogP contribution is -2.40. The van der Waals surface area contributed by atoms with Crippen LogP contribution in [0.2, 0.25) is 5.15 Å². The maximum Gasteiger partial charge on any atom is 0.303 e. The predicted octanol–water partition coefficient (Wildman–Crippen LogP) is 1.75. The first-order valence-electron chi connectivity index (χ1n) is 8.79. The normalized spacial score (nSPS) is 22.6. The molecule has 1 aliphatic heterocycles. The molecule has 15 heteroatoms. The fourth-order valence-electron chi connectivity index (χ4n) is 3.06. The fraction of sp³-hybridized carbons (Fsp3) is 0.500. The summed E-state index contributed by atoms with van der Waals surface area (Å²) in [6.45, 7) is 3.28. The predicted molar refractivity (Wildman–Crippen MR) is 101 cm³/mol. The molecule has 0 radical (unpaired) electrons. The molecular formula is C16H16ClN7O7. The fourth-order valence-corrected chi connectivity index (χ4v) is 3.27. The molecule has 0 bridgehead atoms. The van der Waals surface area contributed by atoms with Gasteiger partial charge in [-0.1, -0.05) is 11.6 Å². The van der Waals surface area contributed by atoms with Crippen LogP contribution in [-0.4, -0.2) is 62.3 Å². The first-order valence-corrected chi connectivity index (χ1v) is 9.17. The minimum Gasteiger partial charge on any atom is -0.463 e. The smallest absolute Gasteiger partial charge is 0.303 e. The van der Waals surface area contributed by atoms with Crippen molar-refractivity contribution >= 4 is 46.6 Å². The molecule has 4 unspecified atom stereocenters. The Balaban J connectivity index is 2.08. The number of carbonyl (C=O) groups is 3. The number of imidazole rings is 1. The monoisotopic (exact) mass is 453 g/mol. The van der Waals surface area contributed by atoms with Gasteiger partial charge >= 0.3 is 17.9 Å². The number of nitrogens with zero attached hydrogens (tertiary/aromatic N) is 7. The van der Waals surface area contributed by atoms with Gasteiger partial charge < -0.3 is 18.9 Å². The Morgan fingerprint density at radius 3 is 2.48 bits per heavy atom. The zero-order valence-electron chi connectivity index (χ0n) is 16.5. The highest BCUT2D eigenvalue weighted by molar-refractivity contribution is 6.33. The third kappa shape index (κ3) is 4.82. The van der Waals surface area contributed by atoms with Crippen molar-refractivity contribution in [3.63, 3.8) is 0 Å². The van der Waals surface area contributed by atoms with Crippen LogP contribution >= 0.6 is 11.6 Å². The van der Waals surface area contributed by atoms with E-state index in [0.717, 1.165) is 0 Å². The molecule has 0 aromatic carbocycles. The number of carbonyl (C=O) groups excluding carboxylic acids is 3. The van der Waals surface area contributed by atoms with Crippen LogP contribution in [0, 0.1) is 0 Å². The summed E-state index contributed by atoms with van der Waals surface area (Å²) in [5, 5.41) is 3.25. The minimum atomic E-state index is -1.14. The second-order valence-corrected chi connectivity index (χ2v) is 6.70. The van der Waals surface area contributed by atoms with E-state index < -0.39 is 42.4 Å². The highest BCUT2D eigenvalue weighted by atomic mass is 35.5. The maximum absolute atomic E-state index is 11.7. The first-order chi connectivity index (χ1) is 14.7. The summed E-state index contributed by atoms with van der Waals surface area (Å²) in [4.78, 5) is 49.3. The van der Waals surface area contributed by atoms with E-state index in [-0.39, 0.29) is 28.9 Å². The number of halogens is 1. The van der Waals surface area contributed by atoms with Gasteiger partial charge in [0, 0.05) is 25.7 Å². The number of fused-ring (bicyclic) bond motifs is 1. The molecule has 1 aliphatic rings. The largest absolute Gasteiger partial charge is 0.463 e. The molecule has 1 fully saturated rings. The number of esters is 3. The van der Waals surface area contributed by atoms with Gasteiger partial charge in [0.25, 0.3) is 0 Å². The van der Waals surface area contributed by atoms with Crippen molar-refractivity contribution in [2.24, 2.45) is 5.11 Å². The lowest BCUT2D eigenvalue weighted by atomic mass is 10.1. The van der Waals surface area contributed by atoms with Crippen LogP contribution in [0.15, 0.2) is 11.4 Å². The van der Waals surface area contributed by atoms with Gasteiger partial charge in [0.1, 0.15) is 18.2 Å². The minimum absolute atomic E-state index is 0.0822. The van der Waals surface area contributed by atoms with Crippen molar-refractivity contribution in [2.45, 2.75) is 45.3 Å². The molecule has 0 N–H and O–H groups in total. The molecule has 0 aliphatic carbocycles. The van der Waals surface area contributed by atoms with Crippen molar-refractivity contribution < 1.29 is 33.3 Å². The van der Waals surface area contributed by atoms with Crippen molar-refractivity contribution in [1.82, 2.24) is 19.5 Å². The second-order valence-electron chi connectivity index (χ2n) is 6.34. The first kappa shape index (κ1) is 22.2. The van der Waals surface area contributed by atoms with E-state index >= 15 is 0 Å². The molecule has 4 atom stereocenters. The molecule has 0 saturated carbocycles. The van der Waals surface area contributed by atoms with E-state index in [1.54, 1.807) is 0 Å². The standard InChI is InChI=1S/C16H16ClN7O7/c1-6(25)28-4-9-11(29-7(2)26)12(30-8(3)27)15(31-9)24-5-19-10-13(17)20-16(22-23-18)21-14(10)24/h5,9,11-12,15H,4H2,1-3H3. The summed E-state index contributed by atoms with van der Waals surface area (Å²) in [6, 6.07) is 0. The van der Waals surface area contributed by atoms with Crippen molar-refractivity contribution in [1.29, 1.82) is 0 Å². The topological polar surface area (TPSA) is 180 Å². The Hall–Kier alpha value is -3.48. The number of hydrogen-bond donors (Lipinski definition) is 0. The Kier molecular flexibility index (Phi) is 6.53. The lowest BCUT2D eigenvalue weighted by Gasteiger charge is -2.23. The molecule has 3 rings (SSSR count). The van der Waals surface area contributed by atoms with Crippen molar-refractivity contribution in [2.75, 3.05) is 6.61 Å². The van der Waals surface area contributed by atoms with E-state index in [2.05, 4.69) is 25.0 Å². The molecule has 164 valence electrons. The highest BCUT2D eigenvalue weighted by Crippen LogP contribution is 2.36. The SMILES string of the molecule is CC(=O)OCC1OC(n2cnc3c(Cl)nc(N=[N+]=[N-])nc32)C(OC(C)=O)C1OC(C)=O. The summed E-state index contributed by atoms with van der Waals surface area (Å²) < 4.78 is 22.9. The molecule has 2 aromatic heterocycles. The van der Waals surface area contributed by atoms with Gasteiger partial charge in [-0.05, 0) is 10.6 Å². The number of azide groups is 1. The number of rotatable bonds is 6. The number of ether oxygens (including phenoxy) is 4. The van der Waals surface area contributed by atoms with E-state index in [1.807, 2.05) is 0 Å². The number of hydrogen-bond acceptors (Lipinski definition) is 11. The molecule has 14 nitrogen and oxygen atoms in total.